The summed E-state index contributed by atoms with van der Waals surface area (Å²) in [6.07, 6.45) is 1.08. The number of nitrogens with zero attached hydrogens (tertiary/aromatic N) is 4. The quantitative estimate of drug-likeness (QED) is 0.358. The van der Waals surface area contributed by atoms with Gasteiger partial charge < -0.3 is 14.9 Å². The molecule has 0 bridgehead atoms. The number of hydrogen-bond donors (Lipinski definition) is 3. The predicted molar refractivity (Wildman–Crippen MR) is 66.5 cm³/mol. The van der Waals surface area contributed by atoms with Crippen LogP contribution < -0.4 is 11.2 Å². The number of rotatable bonds is 4. The molecule has 0 saturated carbocycles. The summed E-state index contributed by atoms with van der Waals surface area (Å²) in [6.45, 7) is -0.940. The summed E-state index contributed by atoms with van der Waals surface area (Å²) in [5, 5.41) is 22.5. The second kappa shape index (κ2) is 5.21. The number of aliphatic hydroxyl groups is 2. The van der Waals surface area contributed by atoms with Crippen LogP contribution in [0.3, 0.4) is 0 Å². The highest BCUT2D eigenvalue weighted by Gasteiger charge is 2.44. The van der Waals surface area contributed by atoms with Crippen molar-refractivity contribution in [1.82, 2.24) is 9.55 Å². The van der Waals surface area contributed by atoms with Crippen LogP contribution in [-0.2, 0) is 4.74 Å². The van der Waals surface area contributed by atoms with Crippen LogP contribution in [0, 0.1) is 0 Å². The summed E-state index contributed by atoms with van der Waals surface area (Å²) < 4.78 is 6.31. The van der Waals surface area contributed by atoms with Gasteiger partial charge in [-0.25, -0.2) is 9.36 Å². The first-order valence-electron chi connectivity index (χ1n) is 5.55. The van der Waals surface area contributed by atoms with E-state index in [-0.39, 0.29) is 12.4 Å². The second-order valence-corrected chi connectivity index (χ2v) is 4.14. The first-order chi connectivity index (χ1) is 9.52. The Hall–Kier alpha value is -2.55. The summed E-state index contributed by atoms with van der Waals surface area (Å²) in [5.74, 6) is -0.0686. The van der Waals surface area contributed by atoms with Crippen molar-refractivity contribution in [2.45, 2.75) is 11.7 Å². The molecule has 0 amide bonds. The molecule has 1 aromatic rings. The molecule has 3 N–H and O–H groups in total. The highest BCUT2D eigenvalue weighted by Crippen LogP contribution is 2.30. The van der Waals surface area contributed by atoms with Gasteiger partial charge in [0.25, 0.3) is 5.56 Å². The maximum atomic E-state index is 11.6. The molecule has 0 aromatic carbocycles. The van der Waals surface area contributed by atoms with Gasteiger partial charge >= 0.3 is 5.69 Å². The lowest BCUT2D eigenvalue weighted by atomic mass is 9.99. The smallest absolute Gasteiger partial charge is 0.335 e. The lowest BCUT2D eigenvalue weighted by Crippen LogP contribution is -2.46. The van der Waals surface area contributed by atoms with Crippen molar-refractivity contribution in [2.24, 2.45) is 5.11 Å². The van der Waals surface area contributed by atoms with Crippen LogP contribution in [0.15, 0.2) is 33.0 Å². The molecular weight excluding hydrogens is 270 g/mol. The third kappa shape index (κ3) is 2.30. The molecule has 1 aromatic heterocycles. The van der Waals surface area contributed by atoms with Gasteiger partial charge in [-0.15, -0.1) is 0 Å². The monoisotopic (exact) mass is 281 g/mol. The average molecular weight is 281 g/mol. The van der Waals surface area contributed by atoms with E-state index < -0.39 is 29.6 Å². The van der Waals surface area contributed by atoms with Gasteiger partial charge in [0, 0.05) is 23.3 Å². The molecule has 0 aliphatic carbocycles. The average Bonchev–Trinajstić information content (AvgIpc) is 2.74. The Kier molecular flexibility index (Phi) is 3.61. The van der Waals surface area contributed by atoms with Crippen LogP contribution in [0.5, 0.6) is 0 Å². The minimum absolute atomic E-state index is 0.0686. The summed E-state index contributed by atoms with van der Waals surface area (Å²) >= 11 is 0. The molecule has 0 saturated heterocycles. The zero-order chi connectivity index (χ0) is 14.8. The van der Waals surface area contributed by atoms with Crippen molar-refractivity contribution in [3.05, 3.63) is 49.6 Å². The van der Waals surface area contributed by atoms with Crippen LogP contribution in [-0.4, -0.2) is 44.6 Å². The van der Waals surface area contributed by atoms with Crippen molar-refractivity contribution in [3.63, 3.8) is 0 Å². The molecule has 10 heteroatoms. The maximum Gasteiger partial charge on any atom is 0.335 e. The molecule has 10 nitrogen and oxygen atoms in total. The number of aliphatic hydroxyl groups excluding tert-OH is 2. The summed E-state index contributed by atoms with van der Waals surface area (Å²) in [6, 6.07) is 1.10. The van der Waals surface area contributed by atoms with Crippen molar-refractivity contribution in [3.8, 4) is 0 Å². The van der Waals surface area contributed by atoms with E-state index in [1.54, 1.807) is 0 Å². The summed E-state index contributed by atoms with van der Waals surface area (Å²) in [7, 11) is 0. The first-order valence-corrected chi connectivity index (χ1v) is 5.55. The van der Waals surface area contributed by atoms with Gasteiger partial charge in [0.2, 0.25) is 5.88 Å². The molecular formula is C10H11N5O5. The fourth-order valence-electron chi connectivity index (χ4n) is 1.76. The van der Waals surface area contributed by atoms with Crippen molar-refractivity contribution < 1.29 is 14.9 Å². The Bertz CT molecular complexity index is 700. The molecule has 2 atom stereocenters. The lowest BCUT2D eigenvalue weighted by Gasteiger charge is -2.28. The molecule has 0 spiro atoms. The van der Waals surface area contributed by atoms with Gasteiger partial charge in [-0.3, -0.25) is 9.78 Å². The van der Waals surface area contributed by atoms with Crippen molar-refractivity contribution in [2.75, 3.05) is 13.2 Å². The normalized spacial score (nSPS) is 24.7. The zero-order valence-corrected chi connectivity index (χ0v) is 10.1. The highest BCUT2D eigenvalue weighted by molar-refractivity contribution is 5.44. The Morgan fingerprint density at radius 3 is 2.95 bits per heavy atom. The summed E-state index contributed by atoms with van der Waals surface area (Å²) in [4.78, 5) is 27.1. The van der Waals surface area contributed by atoms with Crippen LogP contribution in [0.1, 0.15) is 0 Å². The first kappa shape index (κ1) is 13.9. The van der Waals surface area contributed by atoms with E-state index in [9.17, 15) is 19.8 Å². The maximum absolute atomic E-state index is 11.6. The van der Waals surface area contributed by atoms with Gasteiger partial charge in [0.05, 0.1) is 13.2 Å². The Balaban J connectivity index is 2.37. The number of H-pyrrole nitrogens is 1. The van der Waals surface area contributed by atoms with Crippen molar-refractivity contribution >= 4 is 5.88 Å². The van der Waals surface area contributed by atoms with Crippen molar-refractivity contribution in [1.29, 1.82) is 0 Å². The van der Waals surface area contributed by atoms with Crippen LogP contribution in [0.25, 0.3) is 16.3 Å². The fraction of sp³-hybridized carbons (Fsp3) is 0.400. The van der Waals surface area contributed by atoms with Gasteiger partial charge in [-0.1, -0.05) is 5.11 Å². The minimum atomic E-state index is -1.54. The molecule has 2 heterocycles. The standard InChI is InChI=1S/C10H11N5O5/c11-14-12-4-10(5-16)6(17)3-8(20-10)15-2-1-7(18)13-9(15)19/h1-3,6,16-17H,4-5H2,(H,13,18,19)/t6-,10+/m0/s1. The van der Waals surface area contributed by atoms with Gasteiger partial charge in [0.15, 0.2) is 5.60 Å². The van der Waals surface area contributed by atoms with Crippen LogP contribution >= 0.6 is 0 Å². The topological polar surface area (TPSA) is 153 Å². The third-order valence-electron chi connectivity index (χ3n) is 2.88. The van der Waals surface area contributed by atoms with Gasteiger partial charge in [0.1, 0.15) is 6.10 Å². The van der Waals surface area contributed by atoms with E-state index in [2.05, 4.69) is 10.0 Å². The largest absolute Gasteiger partial charge is 0.466 e. The van der Waals surface area contributed by atoms with Crippen LogP contribution in [0.2, 0.25) is 0 Å². The van der Waals surface area contributed by atoms with E-state index in [4.69, 9.17) is 10.3 Å². The van der Waals surface area contributed by atoms with E-state index in [1.165, 1.54) is 12.3 Å². The predicted octanol–water partition coefficient (Wildman–Crippen LogP) is -1.23. The highest BCUT2D eigenvalue weighted by atomic mass is 16.5. The number of azide groups is 1. The molecule has 106 valence electrons. The summed E-state index contributed by atoms with van der Waals surface area (Å²) in [5.41, 5.74) is 5.43. The third-order valence-corrected chi connectivity index (χ3v) is 2.88. The fourth-order valence-corrected chi connectivity index (χ4v) is 1.76. The Labute approximate surface area is 111 Å². The molecule has 20 heavy (non-hydrogen) atoms. The Morgan fingerprint density at radius 2 is 2.35 bits per heavy atom. The minimum Gasteiger partial charge on any atom is -0.466 e. The number of nitrogens with one attached hydrogen (secondary N) is 1. The van der Waals surface area contributed by atoms with Gasteiger partial charge in [-0.05, 0) is 5.53 Å². The second-order valence-electron chi connectivity index (χ2n) is 4.14. The lowest BCUT2D eigenvalue weighted by molar-refractivity contribution is -0.0622. The van der Waals surface area contributed by atoms with E-state index in [1.807, 2.05) is 4.98 Å². The SMILES string of the molecule is [N-]=[N+]=NC[C@]1(CO)OC(n2ccc(=O)[nH]c2=O)=C[C@@H]1O. The number of aromatic nitrogens is 2. The molecule has 0 fully saturated rings. The molecule has 0 radical (unpaired) electrons. The zero-order valence-electron chi connectivity index (χ0n) is 10.1. The van der Waals surface area contributed by atoms with Crippen LogP contribution in [0.4, 0.5) is 0 Å². The van der Waals surface area contributed by atoms with Gasteiger partial charge in [-0.2, -0.15) is 0 Å². The molecule has 1 aliphatic rings. The number of ether oxygens (including phenoxy) is 1. The molecule has 1 aliphatic heterocycles. The number of hydrogen-bond acceptors (Lipinski definition) is 6. The van der Waals surface area contributed by atoms with E-state index in [0.717, 1.165) is 10.6 Å². The Morgan fingerprint density at radius 1 is 1.60 bits per heavy atom. The van der Waals surface area contributed by atoms with E-state index >= 15 is 0 Å². The molecule has 0 unspecified atom stereocenters. The molecule has 2 rings (SSSR count). The van der Waals surface area contributed by atoms with E-state index in [0.29, 0.717) is 0 Å². The number of aromatic amines is 1.